The van der Waals surface area contributed by atoms with Gasteiger partial charge in [-0.15, -0.1) is 0 Å². The Hall–Kier alpha value is -3.77. The lowest BCUT2D eigenvalue weighted by Crippen LogP contribution is -2.44. The van der Waals surface area contributed by atoms with Gasteiger partial charge in [-0.25, -0.2) is 9.59 Å². The van der Waals surface area contributed by atoms with Crippen LogP contribution in [0.3, 0.4) is 0 Å². The zero-order chi connectivity index (χ0) is 24.5. The van der Waals surface area contributed by atoms with Crippen molar-refractivity contribution in [2.24, 2.45) is 11.5 Å². The number of amides is 2. The first-order valence-electron chi connectivity index (χ1n) is 10.2. The molecule has 12 nitrogen and oxygen atoms in total. The molecule has 0 aromatic heterocycles. The molecule has 3 unspecified atom stereocenters. The van der Waals surface area contributed by atoms with Crippen LogP contribution in [0.15, 0.2) is 35.9 Å². The monoisotopic (exact) mass is 460 g/mol. The highest BCUT2D eigenvalue weighted by Gasteiger charge is 2.25. The number of carbonyl (C=O) groups excluding carboxylic acids is 2. The average Bonchev–Trinajstić information content (AvgIpc) is 3.23. The fourth-order valence-corrected chi connectivity index (χ4v) is 3.34. The molecule has 0 saturated heterocycles. The number of carboxylic acid groups (broad SMARTS) is 2. The Balaban J connectivity index is 1.77. The Morgan fingerprint density at radius 1 is 1.18 bits per heavy atom. The minimum Gasteiger partial charge on any atom is -0.479 e. The summed E-state index contributed by atoms with van der Waals surface area (Å²) in [6, 6.07) is 2.59. The molecule has 1 aliphatic rings. The van der Waals surface area contributed by atoms with Gasteiger partial charge in [0.25, 0.3) is 0 Å². The lowest BCUT2D eigenvalue weighted by atomic mass is 10.0. The summed E-state index contributed by atoms with van der Waals surface area (Å²) < 4.78 is 0. The van der Waals surface area contributed by atoms with Crippen LogP contribution >= 0.6 is 0 Å². The molecule has 1 aromatic carbocycles. The highest BCUT2D eigenvalue weighted by Crippen LogP contribution is 2.16. The van der Waals surface area contributed by atoms with Gasteiger partial charge in [0.05, 0.1) is 17.6 Å². The van der Waals surface area contributed by atoms with Gasteiger partial charge < -0.3 is 37.6 Å². The number of amidine groups is 1. The second-order valence-corrected chi connectivity index (χ2v) is 7.55. The minimum absolute atomic E-state index is 0.000429. The summed E-state index contributed by atoms with van der Waals surface area (Å²) in [6.45, 7) is 0.711. The summed E-state index contributed by atoms with van der Waals surface area (Å²) >= 11 is 0. The molecule has 0 aliphatic carbocycles. The fourth-order valence-electron chi connectivity index (χ4n) is 3.34. The number of hydrogen-bond acceptors (Lipinski definition) is 7. The number of carboxylic acids is 2. The molecule has 1 aromatic rings. The zero-order valence-electron chi connectivity index (χ0n) is 17.8. The molecule has 1 aliphatic heterocycles. The van der Waals surface area contributed by atoms with E-state index in [1.807, 2.05) is 6.08 Å². The van der Waals surface area contributed by atoms with Gasteiger partial charge in [0.15, 0.2) is 6.04 Å². The number of carbonyl (C=O) groups is 4. The van der Waals surface area contributed by atoms with Gasteiger partial charge in [-0.1, -0.05) is 18.2 Å². The smallest absolute Gasteiger partial charge is 0.335 e. The van der Waals surface area contributed by atoms with E-state index in [1.54, 1.807) is 0 Å². The fraction of sp³-hybridized carbons (Fsp3) is 0.381. The highest BCUT2D eigenvalue weighted by molar-refractivity contribution is 5.89. The summed E-state index contributed by atoms with van der Waals surface area (Å²) in [5.74, 6) is -3.42. The summed E-state index contributed by atoms with van der Waals surface area (Å²) in [6.07, 6.45) is 2.31. The van der Waals surface area contributed by atoms with Gasteiger partial charge in [0, 0.05) is 19.5 Å². The van der Waals surface area contributed by atoms with E-state index in [-0.39, 0.29) is 42.8 Å². The summed E-state index contributed by atoms with van der Waals surface area (Å²) in [7, 11) is 0. The van der Waals surface area contributed by atoms with Crippen LogP contribution in [0.4, 0.5) is 0 Å². The van der Waals surface area contributed by atoms with Crippen LogP contribution in [0.2, 0.25) is 0 Å². The Morgan fingerprint density at radius 2 is 1.85 bits per heavy atom. The number of rotatable bonds is 12. The van der Waals surface area contributed by atoms with Crippen LogP contribution in [0, 0.1) is 5.41 Å². The predicted molar refractivity (Wildman–Crippen MR) is 119 cm³/mol. The van der Waals surface area contributed by atoms with E-state index in [0.29, 0.717) is 6.54 Å². The van der Waals surface area contributed by atoms with Crippen LogP contribution in [0.1, 0.15) is 41.2 Å². The maximum absolute atomic E-state index is 12.2. The molecule has 2 amide bonds. The first-order valence-corrected chi connectivity index (χ1v) is 10.2. The maximum atomic E-state index is 12.2. The number of nitrogens with one attached hydrogen (secondary N) is 4. The van der Waals surface area contributed by atoms with Crippen molar-refractivity contribution in [3.8, 4) is 0 Å². The highest BCUT2D eigenvalue weighted by atomic mass is 16.4. The van der Waals surface area contributed by atoms with Gasteiger partial charge in [0.2, 0.25) is 11.8 Å². The number of nitrogens with two attached hydrogens (primary N) is 2. The first kappa shape index (κ1) is 25.5. The lowest BCUT2D eigenvalue weighted by Gasteiger charge is -2.18. The molecule has 10 N–H and O–H groups in total. The van der Waals surface area contributed by atoms with Crippen LogP contribution in [0.25, 0.3) is 0 Å². The van der Waals surface area contributed by atoms with Gasteiger partial charge in [-0.05, 0) is 36.1 Å². The molecule has 0 bridgehead atoms. The molecule has 0 spiro atoms. The van der Waals surface area contributed by atoms with Crippen LogP contribution in [-0.2, 0) is 14.4 Å². The topological polar surface area (TPSA) is 221 Å². The number of aromatic carboxylic acids is 1. The third kappa shape index (κ3) is 7.40. The van der Waals surface area contributed by atoms with E-state index in [2.05, 4.69) is 16.0 Å². The van der Waals surface area contributed by atoms with Gasteiger partial charge >= 0.3 is 11.9 Å². The van der Waals surface area contributed by atoms with E-state index in [0.717, 1.165) is 5.57 Å². The molecule has 0 saturated carbocycles. The SMILES string of the molecule is N=C(N)C1NCC=C1CC(N)C(=O)NCCCC(=O)NC(C(=O)O)c1ccc(C(=O)O)cc1. The third-order valence-electron chi connectivity index (χ3n) is 5.08. The van der Waals surface area contributed by atoms with Crippen molar-refractivity contribution in [2.45, 2.75) is 37.4 Å². The van der Waals surface area contributed by atoms with Crippen molar-refractivity contribution in [3.63, 3.8) is 0 Å². The predicted octanol–water partition coefficient (Wildman–Crippen LogP) is -0.925. The van der Waals surface area contributed by atoms with Gasteiger partial charge in [-0.2, -0.15) is 0 Å². The van der Waals surface area contributed by atoms with Crippen LogP contribution in [0.5, 0.6) is 0 Å². The van der Waals surface area contributed by atoms with Crippen molar-refractivity contribution < 1.29 is 29.4 Å². The van der Waals surface area contributed by atoms with Crippen molar-refractivity contribution in [3.05, 3.63) is 47.0 Å². The summed E-state index contributed by atoms with van der Waals surface area (Å²) in [5, 5.41) is 33.9. The number of hydrogen-bond donors (Lipinski definition) is 8. The van der Waals surface area contributed by atoms with E-state index in [9.17, 15) is 24.3 Å². The zero-order valence-corrected chi connectivity index (χ0v) is 17.8. The largest absolute Gasteiger partial charge is 0.479 e. The molecule has 0 radical (unpaired) electrons. The molecule has 0 fully saturated rings. The Kier molecular flexibility index (Phi) is 9.07. The second-order valence-electron chi connectivity index (χ2n) is 7.55. The third-order valence-corrected chi connectivity index (χ3v) is 5.08. The van der Waals surface area contributed by atoms with E-state index in [1.165, 1.54) is 24.3 Å². The Labute approximate surface area is 189 Å². The number of aliphatic carboxylic acids is 1. The molecule has 2 rings (SSSR count). The van der Waals surface area contributed by atoms with Crippen LogP contribution < -0.4 is 27.4 Å². The van der Waals surface area contributed by atoms with Gasteiger partial charge in [-0.3, -0.25) is 15.0 Å². The molecule has 12 heteroatoms. The maximum Gasteiger partial charge on any atom is 0.335 e. The van der Waals surface area contributed by atoms with Crippen LogP contribution in [-0.4, -0.2) is 65.0 Å². The summed E-state index contributed by atoms with van der Waals surface area (Å²) in [5.41, 5.74) is 12.5. The van der Waals surface area contributed by atoms with Crippen molar-refractivity contribution >= 4 is 29.6 Å². The first-order chi connectivity index (χ1) is 15.6. The Bertz CT molecular complexity index is 945. The average molecular weight is 460 g/mol. The van der Waals surface area contributed by atoms with Gasteiger partial charge in [0.1, 0.15) is 5.84 Å². The van der Waals surface area contributed by atoms with Crippen molar-refractivity contribution in [2.75, 3.05) is 13.1 Å². The molecular formula is C21H28N6O6. The van der Waals surface area contributed by atoms with Crippen molar-refractivity contribution in [1.82, 2.24) is 16.0 Å². The number of benzene rings is 1. The standard InChI is InChI=1S/C21H28N6O6/c22-14(10-13-7-9-25-16(13)18(23)24)19(29)26-8-1-2-15(28)27-17(21(32)33)11-3-5-12(6-4-11)20(30)31/h3-7,14,16-17,25H,1-2,8-10,22H2,(H3,23,24)(H,26,29)(H,27,28)(H,30,31)(H,32,33). The molecular weight excluding hydrogens is 432 g/mol. The van der Waals surface area contributed by atoms with Crippen molar-refractivity contribution in [1.29, 1.82) is 5.41 Å². The molecule has 33 heavy (non-hydrogen) atoms. The Morgan fingerprint density at radius 3 is 2.42 bits per heavy atom. The van der Waals surface area contributed by atoms with E-state index < -0.39 is 41.9 Å². The molecule has 3 atom stereocenters. The normalized spacial score (nSPS) is 16.9. The lowest BCUT2D eigenvalue weighted by molar-refractivity contribution is -0.142. The summed E-state index contributed by atoms with van der Waals surface area (Å²) in [4.78, 5) is 46.8. The quantitative estimate of drug-likeness (QED) is 0.0834. The minimum atomic E-state index is -1.33. The van der Waals surface area contributed by atoms with E-state index >= 15 is 0 Å². The molecule has 178 valence electrons. The molecule has 1 heterocycles. The second kappa shape index (κ2) is 11.7. The van der Waals surface area contributed by atoms with E-state index in [4.69, 9.17) is 22.0 Å².